The van der Waals surface area contributed by atoms with Gasteiger partial charge < -0.3 is 14.9 Å². The molecule has 0 spiro atoms. The minimum absolute atomic E-state index is 0.00543. The normalized spacial score (nSPS) is 12.8. The zero-order valence-electron chi connectivity index (χ0n) is 43.8. The van der Waals surface area contributed by atoms with Gasteiger partial charge in [0.1, 0.15) is 33.5 Å². The van der Waals surface area contributed by atoms with Crippen molar-refractivity contribution >= 4 is 126 Å². The van der Waals surface area contributed by atoms with E-state index in [-0.39, 0.29) is 93.6 Å². The fraction of sp³-hybridized carbons (Fsp3) is 0.280. The first-order valence-corrected chi connectivity index (χ1v) is 32.5. The molecule has 7 aromatic rings. The van der Waals surface area contributed by atoms with Crippen LogP contribution in [0.4, 0.5) is 45.5 Å². The number of azo groups is 4. The van der Waals surface area contributed by atoms with Crippen LogP contribution >= 0.6 is 23.5 Å². The molecule has 32 heteroatoms. The Balaban J connectivity index is 1.27. The second-order valence-electron chi connectivity index (χ2n) is 18.1. The van der Waals surface area contributed by atoms with Gasteiger partial charge in [-0.25, -0.2) is 4.98 Å². The summed E-state index contributed by atoms with van der Waals surface area (Å²) in [6.07, 6.45) is -0.00443. The molecular weight excluding hydrogens is 1190 g/mol. The number of pyridine rings is 1. The molecule has 0 aliphatic heterocycles. The highest BCUT2D eigenvalue weighted by atomic mass is 32.2. The van der Waals surface area contributed by atoms with Gasteiger partial charge in [-0.3, -0.25) is 22.6 Å². The molecule has 2 aromatic heterocycles. The van der Waals surface area contributed by atoms with Crippen LogP contribution < -0.4 is 4.74 Å². The number of hydrogen-bond donors (Lipinski definition) is 6. The summed E-state index contributed by atoms with van der Waals surface area (Å²) in [7, 11) is -17.8. The largest absolute Gasteiger partial charge is 0.493 e. The van der Waals surface area contributed by atoms with E-state index in [9.17, 15) is 67.4 Å². The number of aryl methyl sites for hydroxylation is 3. The Morgan fingerprint density at radius 2 is 1.10 bits per heavy atom. The molecular formula is C50H51N11O15S6. The average Bonchev–Trinajstić information content (AvgIpc) is 3.81. The quantitative estimate of drug-likeness (QED) is 0.0134. The number of rotatable bonds is 25. The van der Waals surface area contributed by atoms with Crippen molar-refractivity contribution in [3.05, 3.63) is 112 Å². The zero-order valence-corrected chi connectivity index (χ0v) is 48.7. The highest BCUT2D eigenvalue weighted by Gasteiger charge is 2.26. The molecule has 0 bridgehead atoms. The number of imidazole rings is 1. The van der Waals surface area contributed by atoms with Crippen molar-refractivity contribution in [3.8, 4) is 17.7 Å². The van der Waals surface area contributed by atoms with Crippen LogP contribution in [0.3, 0.4) is 0 Å². The summed E-state index contributed by atoms with van der Waals surface area (Å²) in [5.41, 5.74) is 3.08. The lowest BCUT2D eigenvalue weighted by Gasteiger charge is -2.12. The molecule has 0 aliphatic rings. The van der Waals surface area contributed by atoms with Crippen molar-refractivity contribution in [1.82, 2.24) is 9.38 Å². The van der Waals surface area contributed by atoms with Gasteiger partial charge in [0, 0.05) is 21.4 Å². The van der Waals surface area contributed by atoms with E-state index in [0.717, 1.165) is 10.5 Å². The van der Waals surface area contributed by atoms with Gasteiger partial charge >= 0.3 is 0 Å². The number of hydrogen-bond acceptors (Lipinski definition) is 23. The second kappa shape index (κ2) is 26.4. The van der Waals surface area contributed by atoms with E-state index >= 15 is 0 Å². The number of aromatic nitrogens is 2. The molecule has 0 saturated heterocycles. The molecule has 0 aliphatic carbocycles. The maximum Gasteiger partial charge on any atom is 0.296 e. The number of fused-ring (bicyclic) bond motifs is 3. The van der Waals surface area contributed by atoms with Gasteiger partial charge in [0.05, 0.1) is 70.1 Å². The van der Waals surface area contributed by atoms with Crippen molar-refractivity contribution in [2.45, 2.75) is 68.3 Å². The van der Waals surface area contributed by atoms with Gasteiger partial charge in [-0.15, -0.1) is 44.0 Å². The van der Waals surface area contributed by atoms with Crippen LogP contribution in [0.15, 0.2) is 134 Å². The van der Waals surface area contributed by atoms with E-state index in [4.69, 9.17) is 4.74 Å². The Morgan fingerprint density at radius 3 is 1.61 bits per heavy atom. The van der Waals surface area contributed by atoms with Gasteiger partial charge in [-0.1, -0.05) is 18.2 Å². The van der Waals surface area contributed by atoms with E-state index in [2.05, 4.69) is 45.9 Å². The molecule has 0 fully saturated rings. The van der Waals surface area contributed by atoms with Crippen LogP contribution in [0.2, 0.25) is 0 Å². The molecule has 0 amide bonds. The number of thioether (sulfide) groups is 2. The Kier molecular flexibility index (Phi) is 20.1. The fourth-order valence-electron chi connectivity index (χ4n) is 7.77. The van der Waals surface area contributed by atoms with Crippen LogP contribution in [0, 0.1) is 39.0 Å². The number of nitriles is 1. The van der Waals surface area contributed by atoms with E-state index in [0.29, 0.717) is 54.9 Å². The molecule has 0 atom stereocenters. The van der Waals surface area contributed by atoms with Crippen LogP contribution in [-0.2, 0) is 47.1 Å². The van der Waals surface area contributed by atoms with Crippen molar-refractivity contribution in [2.24, 2.45) is 40.9 Å². The number of nitrogens with zero attached hydrogens (tertiary/aromatic N) is 11. The Morgan fingerprint density at radius 1 is 0.610 bits per heavy atom. The Labute approximate surface area is 479 Å². The lowest BCUT2D eigenvalue weighted by molar-refractivity contribution is 0.281. The summed E-state index contributed by atoms with van der Waals surface area (Å²) >= 11 is 2.46. The highest BCUT2D eigenvalue weighted by molar-refractivity contribution is 7.99. The van der Waals surface area contributed by atoms with Gasteiger partial charge in [0.15, 0.2) is 11.3 Å². The lowest BCUT2D eigenvalue weighted by atomic mass is 10.1. The SMILES string of the molecule is Cc1cc(N=Nc2cc(SCCCS(=O)(=O)O)c(N=Nc3cc(OCCCS(=O)(=O)O)c(N=Nc4c(C)c(C#N)c5nc6c(S(=O)(=O)O)cc(CO)cc6n5c4O)cc3C)cc2C)c(SCCCS(=O)(=O)O)cc1N=Nc1ccccc1. The van der Waals surface area contributed by atoms with E-state index in [1.807, 2.05) is 31.2 Å². The summed E-state index contributed by atoms with van der Waals surface area (Å²) in [6.45, 7) is 5.66. The van der Waals surface area contributed by atoms with Gasteiger partial charge in [0.25, 0.3) is 40.5 Å². The molecule has 7 rings (SSSR count). The predicted molar refractivity (Wildman–Crippen MR) is 306 cm³/mol. The number of ether oxygens (including phenoxy) is 1. The molecule has 2 heterocycles. The van der Waals surface area contributed by atoms with Crippen LogP contribution in [-0.4, -0.2) is 107 Å². The minimum Gasteiger partial charge on any atom is -0.493 e. The zero-order chi connectivity index (χ0) is 59.7. The Hall–Kier alpha value is -7.16. The van der Waals surface area contributed by atoms with Crippen molar-refractivity contribution in [3.63, 3.8) is 0 Å². The number of aliphatic hydroxyl groups is 1. The molecule has 0 radical (unpaired) electrons. The topological polar surface area (TPSA) is 407 Å². The molecule has 5 aromatic carbocycles. The first kappa shape index (κ1) is 62.4. The summed E-state index contributed by atoms with van der Waals surface area (Å²) in [5.74, 6) is -1.86. The molecule has 432 valence electrons. The van der Waals surface area contributed by atoms with Crippen LogP contribution in [0.1, 0.15) is 52.6 Å². The van der Waals surface area contributed by atoms with E-state index in [1.165, 1.54) is 48.6 Å². The molecule has 26 nitrogen and oxygen atoms in total. The third-order valence-electron chi connectivity index (χ3n) is 11.8. The first-order chi connectivity index (χ1) is 38.6. The number of aromatic hydroxyl groups is 1. The first-order valence-electron chi connectivity index (χ1n) is 24.2. The smallest absolute Gasteiger partial charge is 0.296 e. The Bertz CT molecular complexity index is 4250. The van der Waals surface area contributed by atoms with Gasteiger partial charge in [-0.2, -0.15) is 59.4 Å². The summed E-state index contributed by atoms with van der Waals surface area (Å²) in [6, 6.07) is 23.0. The number of benzene rings is 5. The van der Waals surface area contributed by atoms with Crippen molar-refractivity contribution < 1.29 is 66.8 Å². The third kappa shape index (κ3) is 16.5. The van der Waals surface area contributed by atoms with E-state index < -0.39 is 75.1 Å². The monoisotopic (exact) mass is 1240 g/mol. The second-order valence-corrected chi connectivity index (χ2v) is 26.4. The van der Waals surface area contributed by atoms with Crippen molar-refractivity contribution in [1.29, 1.82) is 5.26 Å². The fourth-order valence-corrected chi connectivity index (χ4v) is 12.2. The highest BCUT2D eigenvalue weighted by Crippen LogP contribution is 2.44. The summed E-state index contributed by atoms with van der Waals surface area (Å²) in [5, 5.41) is 67.5. The van der Waals surface area contributed by atoms with Crippen LogP contribution in [0.25, 0.3) is 16.7 Å². The lowest BCUT2D eigenvalue weighted by Crippen LogP contribution is -2.08. The van der Waals surface area contributed by atoms with Gasteiger partial charge in [-0.05, 0) is 135 Å². The molecule has 0 saturated carbocycles. The minimum atomic E-state index is -4.93. The molecule has 0 unspecified atom stereocenters. The standard InChI is InChI=1S/C50H51N11O15S6/c1-29-19-39(57-60-47-32(4)35(27-51)49-52-48-42(61(49)50(47)63)22-33(28-62)23-46(48)82(73,74)75)43(76-13-8-16-79(64,65)66)24-36(29)55-58-40-21-31(3)38(26-45(40)78-15-10-18-81(70,71)72)56-59-41-20-30(2)37(54-53-34-11-6-5-7-12-34)25-44(41)77-14-9-17-80(67,68)69/h5-7,11-12,19-26,62-63H,8-10,13-18,28H2,1-4H3,(H,64,65,66)(H,67,68,69)(H,70,71,72)(H,73,74,75). The maximum atomic E-state index is 12.4. The predicted octanol–water partition coefficient (Wildman–Crippen LogP) is 12.1. The van der Waals surface area contributed by atoms with E-state index in [1.54, 1.807) is 50.2 Å². The van der Waals surface area contributed by atoms with Crippen molar-refractivity contribution in [2.75, 3.05) is 35.4 Å². The average molecular weight is 1240 g/mol. The maximum absolute atomic E-state index is 12.4. The third-order valence-corrected chi connectivity index (χ3v) is 17.3. The van der Waals surface area contributed by atoms with Gasteiger partial charge in [0.2, 0.25) is 5.88 Å². The molecule has 6 N–H and O–H groups in total. The van der Waals surface area contributed by atoms with Crippen LogP contribution in [0.5, 0.6) is 11.6 Å². The molecule has 82 heavy (non-hydrogen) atoms. The number of aliphatic hydroxyl groups excluding tert-OH is 1. The summed E-state index contributed by atoms with van der Waals surface area (Å²) < 4.78 is 139. The summed E-state index contributed by atoms with van der Waals surface area (Å²) in [4.78, 5) is 4.62.